The molecule has 20 heavy (non-hydrogen) atoms. The Morgan fingerprint density at radius 2 is 2.15 bits per heavy atom. The first-order valence-corrected chi connectivity index (χ1v) is 7.27. The summed E-state index contributed by atoms with van der Waals surface area (Å²) in [6, 6.07) is 6.46. The predicted octanol–water partition coefficient (Wildman–Crippen LogP) is 3.55. The summed E-state index contributed by atoms with van der Waals surface area (Å²) in [6.45, 7) is 0. The highest BCUT2D eigenvalue weighted by atomic mass is 79.9. The molecule has 0 saturated heterocycles. The van der Waals surface area contributed by atoms with Gasteiger partial charge in [-0.2, -0.15) is 5.26 Å². The molecule has 0 bridgehead atoms. The summed E-state index contributed by atoms with van der Waals surface area (Å²) in [6.07, 6.45) is 5.36. The van der Waals surface area contributed by atoms with Gasteiger partial charge in [-0.25, -0.2) is 4.39 Å². The molecular formula is C15H14BrFN2O. The van der Waals surface area contributed by atoms with Crippen molar-refractivity contribution in [1.82, 2.24) is 5.32 Å². The van der Waals surface area contributed by atoms with Crippen molar-refractivity contribution in [3.05, 3.63) is 39.6 Å². The number of carbonyl (C=O) groups excluding carboxylic acids is 1. The van der Waals surface area contributed by atoms with E-state index in [9.17, 15) is 9.18 Å². The van der Waals surface area contributed by atoms with Crippen molar-refractivity contribution in [2.45, 2.75) is 31.7 Å². The maximum absolute atomic E-state index is 13.7. The summed E-state index contributed by atoms with van der Waals surface area (Å²) in [5.74, 6) is -0.900. The van der Waals surface area contributed by atoms with Gasteiger partial charge in [0.25, 0.3) is 5.91 Å². The Morgan fingerprint density at radius 1 is 1.45 bits per heavy atom. The molecule has 0 spiro atoms. The van der Waals surface area contributed by atoms with Gasteiger partial charge < -0.3 is 5.32 Å². The molecule has 1 fully saturated rings. The number of nitrogens with zero attached hydrogens (tertiary/aromatic N) is 1. The number of hydrogen-bond acceptors (Lipinski definition) is 2. The molecule has 1 saturated carbocycles. The van der Waals surface area contributed by atoms with E-state index in [-0.39, 0.29) is 17.2 Å². The standard InChI is InChI=1S/C15H14BrFN2O/c16-12-6-5-10(14(17)8-12)7-11(9-18)15(20)19-13-3-1-2-4-13/h5-8,13H,1-4H2,(H,19,20). The molecule has 5 heteroatoms. The fourth-order valence-corrected chi connectivity index (χ4v) is 2.59. The summed E-state index contributed by atoms with van der Waals surface area (Å²) in [7, 11) is 0. The van der Waals surface area contributed by atoms with Gasteiger partial charge in [-0.05, 0) is 31.1 Å². The monoisotopic (exact) mass is 336 g/mol. The van der Waals surface area contributed by atoms with Crippen LogP contribution in [0.4, 0.5) is 4.39 Å². The molecule has 2 rings (SSSR count). The smallest absolute Gasteiger partial charge is 0.262 e. The van der Waals surface area contributed by atoms with E-state index in [1.54, 1.807) is 6.07 Å². The van der Waals surface area contributed by atoms with E-state index in [0.717, 1.165) is 25.7 Å². The highest BCUT2D eigenvalue weighted by Crippen LogP contribution is 2.20. The lowest BCUT2D eigenvalue weighted by molar-refractivity contribution is -0.117. The topological polar surface area (TPSA) is 52.9 Å². The van der Waals surface area contributed by atoms with Gasteiger partial charge in [-0.15, -0.1) is 0 Å². The van der Waals surface area contributed by atoms with Crippen molar-refractivity contribution in [2.24, 2.45) is 0 Å². The Kier molecular flexibility index (Phi) is 4.91. The minimum absolute atomic E-state index is 0.0712. The van der Waals surface area contributed by atoms with E-state index >= 15 is 0 Å². The van der Waals surface area contributed by atoms with Crippen LogP contribution in [0.5, 0.6) is 0 Å². The molecule has 0 atom stereocenters. The quantitative estimate of drug-likeness (QED) is 0.677. The first-order valence-electron chi connectivity index (χ1n) is 6.48. The molecule has 0 aliphatic heterocycles. The van der Waals surface area contributed by atoms with E-state index < -0.39 is 11.7 Å². The van der Waals surface area contributed by atoms with Crippen molar-refractivity contribution in [3.63, 3.8) is 0 Å². The minimum Gasteiger partial charge on any atom is -0.349 e. The average Bonchev–Trinajstić information content (AvgIpc) is 2.90. The van der Waals surface area contributed by atoms with Gasteiger partial charge in [0.15, 0.2) is 0 Å². The Bertz CT molecular complexity index is 586. The molecular weight excluding hydrogens is 323 g/mol. The van der Waals surface area contributed by atoms with Crippen molar-refractivity contribution in [1.29, 1.82) is 5.26 Å². The number of carbonyl (C=O) groups is 1. The van der Waals surface area contributed by atoms with Gasteiger partial charge in [-0.3, -0.25) is 4.79 Å². The summed E-state index contributed by atoms with van der Waals surface area (Å²) in [4.78, 5) is 12.0. The number of nitriles is 1. The Labute approximate surface area is 125 Å². The molecule has 0 radical (unpaired) electrons. The van der Waals surface area contributed by atoms with E-state index in [0.29, 0.717) is 4.47 Å². The molecule has 1 aliphatic carbocycles. The number of halogens is 2. The lowest BCUT2D eigenvalue weighted by Gasteiger charge is -2.11. The molecule has 1 N–H and O–H groups in total. The number of nitrogens with one attached hydrogen (secondary N) is 1. The minimum atomic E-state index is -0.471. The van der Waals surface area contributed by atoms with E-state index in [4.69, 9.17) is 5.26 Å². The largest absolute Gasteiger partial charge is 0.349 e. The number of hydrogen-bond donors (Lipinski definition) is 1. The van der Waals surface area contributed by atoms with Gasteiger partial charge in [0.05, 0.1) is 0 Å². The van der Waals surface area contributed by atoms with Crippen LogP contribution in [0.1, 0.15) is 31.2 Å². The summed E-state index contributed by atoms with van der Waals surface area (Å²) in [5, 5.41) is 11.9. The molecule has 1 aromatic rings. The van der Waals surface area contributed by atoms with E-state index in [1.165, 1.54) is 18.2 Å². The maximum Gasteiger partial charge on any atom is 0.262 e. The van der Waals surface area contributed by atoms with Gasteiger partial charge in [-0.1, -0.05) is 34.8 Å². The highest BCUT2D eigenvalue weighted by molar-refractivity contribution is 9.10. The van der Waals surface area contributed by atoms with Gasteiger partial charge >= 0.3 is 0 Å². The lowest BCUT2D eigenvalue weighted by atomic mass is 10.1. The second-order valence-corrected chi connectivity index (χ2v) is 5.71. The molecule has 3 nitrogen and oxygen atoms in total. The third kappa shape index (κ3) is 3.67. The number of benzene rings is 1. The van der Waals surface area contributed by atoms with Crippen LogP contribution in [0.25, 0.3) is 6.08 Å². The van der Waals surface area contributed by atoms with Crippen LogP contribution in [-0.4, -0.2) is 11.9 Å². The zero-order valence-electron chi connectivity index (χ0n) is 10.8. The van der Waals surface area contributed by atoms with Crippen molar-refractivity contribution in [3.8, 4) is 6.07 Å². The molecule has 1 aliphatic rings. The Hall–Kier alpha value is -1.67. The normalized spacial score (nSPS) is 15.9. The van der Waals surface area contributed by atoms with Crippen LogP contribution in [0, 0.1) is 17.1 Å². The summed E-state index contributed by atoms with van der Waals surface area (Å²) >= 11 is 3.16. The van der Waals surface area contributed by atoms with Crippen molar-refractivity contribution < 1.29 is 9.18 Å². The fourth-order valence-electron chi connectivity index (χ4n) is 2.26. The van der Waals surface area contributed by atoms with Crippen LogP contribution in [-0.2, 0) is 4.79 Å². The SMILES string of the molecule is N#CC(=Cc1ccc(Br)cc1F)C(=O)NC1CCCC1. The van der Waals surface area contributed by atoms with Crippen molar-refractivity contribution in [2.75, 3.05) is 0 Å². The molecule has 0 heterocycles. The third-order valence-electron chi connectivity index (χ3n) is 3.32. The van der Waals surface area contributed by atoms with Crippen LogP contribution in [0.2, 0.25) is 0 Å². The fraction of sp³-hybridized carbons (Fsp3) is 0.333. The average molecular weight is 337 g/mol. The molecule has 0 unspecified atom stereocenters. The van der Waals surface area contributed by atoms with E-state index in [2.05, 4.69) is 21.2 Å². The first-order chi connectivity index (χ1) is 9.60. The summed E-state index contributed by atoms with van der Waals surface area (Å²) < 4.78 is 14.3. The number of rotatable bonds is 3. The second-order valence-electron chi connectivity index (χ2n) is 4.79. The van der Waals surface area contributed by atoms with E-state index in [1.807, 2.05) is 6.07 Å². The molecule has 1 aromatic carbocycles. The zero-order valence-corrected chi connectivity index (χ0v) is 12.4. The van der Waals surface area contributed by atoms with Crippen molar-refractivity contribution >= 4 is 27.9 Å². The second kappa shape index (κ2) is 6.67. The highest BCUT2D eigenvalue weighted by Gasteiger charge is 2.19. The lowest BCUT2D eigenvalue weighted by Crippen LogP contribution is -2.33. The molecule has 104 valence electrons. The molecule has 0 aromatic heterocycles. The van der Waals surface area contributed by atoms with Crippen LogP contribution < -0.4 is 5.32 Å². The number of amides is 1. The maximum atomic E-state index is 13.7. The molecule has 1 amide bonds. The van der Waals surface area contributed by atoms with Crippen LogP contribution >= 0.6 is 15.9 Å². The van der Waals surface area contributed by atoms with Crippen LogP contribution in [0.3, 0.4) is 0 Å². The first kappa shape index (κ1) is 14.7. The Balaban J connectivity index is 2.16. The zero-order chi connectivity index (χ0) is 14.5. The third-order valence-corrected chi connectivity index (χ3v) is 3.81. The van der Waals surface area contributed by atoms with Gasteiger partial charge in [0, 0.05) is 16.1 Å². The predicted molar refractivity (Wildman–Crippen MR) is 78.1 cm³/mol. The van der Waals surface area contributed by atoms with Crippen LogP contribution in [0.15, 0.2) is 28.2 Å². The summed E-state index contributed by atoms with van der Waals surface area (Å²) in [5.41, 5.74) is 0.157. The van der Waals surface area contributed by atoms with Gasteiger partial charge in [0.1, 0.15) is 17.5 Å². The van der Waals surface area contributed by atoms with Gasteiger partial charge in [0.2, 0.25) is 0 Å². The Morgan fingerprint density at radius 3 is 2.75 bits per heavy atom.